The Morgan fingerprint density at radius 1 is 1.07 bits per heavy atom. The first-order valence-corrected chi connectivity index (χ1v) is 8.79. The summed E-state index contributed by atoms with van der Waals surface area (Å²) in [7, 11) is -0.519. The van der Waals surface area contributed by atoms with E-state index in [1.807, 2.05) is 0 Å². The van der Waals surface area contributed by atoms with E-state index in [4.69, 9.17) is 0 Å². The van der Waals surface area contributed by atoms with Crippen LogP contribution in [0, 0.1) is 0 Å². The van der Waals surface area contributed by atoms with E-state index in [0.717, 1.165) is 0 Å². The summed E-state index contributed by atoms with van der Waals surface area (Å²) in [5, 5.41) is 4.25. The lowest BCUT2D eigenvalue weighted by molar-refractivity contribution is 1.46. The van der Waals surface area contributed by atoms with E-state index in [1.165, 1.54) is 22.0 Å². The van der Waals surface area contributed by atoms with Crippen LogP contribution in [0.5, 0.6) is 0 Å². The summed E-state index contributed by atoms with van der Waals surface area (Å²) >= 11 is 3.81. The van der Waals surface area contributed by atoms with Crippen LogP contribution in [0.1, 0.15) is 6.92 Å². The molecule has 71 valence electrons. The molecule has 0 atom stereocenters. The molecule has 1 radical (unpaired) electrons. The zero-order valence-corrected chi connectivity index (χ0v) is 10.7. The van der Waals surface area contributed by atoms with Gasteiger partial charge in [0.25, 0.3) is 0 Å². The smallest absolute Gasteiger partial charge is 0.122 e. The molecule has 0 bridgehead atoms. The average Bonchev–Trinajstić information content (AvgIpc) is 2.27. The fraction of sp³-hybridized carbons (Fsp3) is 0.167. The maximum Gasteiger partial charge on any atom is 0.169 e. The molecule has 0 aliphatic heterocycles. The van der Waals surface area contributed by atoms with Crippen molar-refractivity contribution in [3.05, 3.63) is 42.5 Å². The van der Waals surface area contributed by atoms with E-state index in [-0.39, 0.29) is 0 Å². The van der Waals surface area contributed by atoms with E-state index in [2.05, 4.69) is 64.7 Å². The quantitative estimate of drug-likeness (QED) is 0.575. The monoisotopic (exact) mass is 263 g/mol. The molecule has 0 saturated carbocycles. The van der Waals surface area contributed by atoms with Gasteiger partial charge in [0.1, 0.15) is 0 Å². The van der Waals surface area contributed by atoms with Gasteiger partial charge in [0, 0.05) is 0 Å². The predicted octanol–water partition coefficient (Wildman–Crippen LogP) is 3.45. The van der Waals surface area contributed by atoms with Gasteiger partial charge in [-0.3, -0.25) is 0 Å². The van der Waals surface area contributed by atoms with Gasteiger partial charge in [-0.2, -0.15) is 0 Å². The molecule has 0 heterocycles. The summed E-state index contributed by atoms with van der Waals surface area (Å²) in [4.78, 5) is 0. The van der Waals surface area contributed by atoms with Crippen molar-refractivity contribution in [2.45, 2.75) is 13.0 Å². The molecule has 14 heavy (non-hydrogen) atoms. The normalized spacial score (nSPS) is 11.1. The van der Waals surface area contributed by atoms with Crippen LogP contribution in [-0.2, 0) is 0 Å². The minimum absolute atomic E-state index is 0.519. The van der Waals surface area contributed by atoms with E-state index in [0.29, 0.717) is 0 Å². The van der Waals surface area contributed by atoms with E-state index >= 15 is 0 Å². The van der Waals surface area contributed by atoms with Crippen molar-refractivity contribution in [2.24, 2.45) is 0 Å². The SMILES string of the molecule is CC[Si](Br)c1cccc2ccccc12. The first-order valence-electron chi connectivity index (χ1n) is 4.82. The van der Waals surface area contributed by atoms with Crippen molar-refractivity contribution in [1.82, 2.24) is 0 Å². The van der Waals surface area contributed by atoms with Gasteiger partial charge in [-0.1, -0.05) is 49.4 Å². The summed E-state index contributed by atoms with van der Waals surface area (Å²) in [6.07, 6.45) is 0. The Morgan fingerprint density at radius 3 is 2.57 bits per heavy atom. The van der Waals surface area contributed by atoms with Crippen molar-refractivity contribution in [2.75, 3.05) is 0 Å². The first-order chi connectivity index (χ1) is 6.83. The third kappa shape index (κ3) is 1.77. The van der Waals surface area contributed by atoms with Crippen molar-refractivity contribution in [1.29, 1.82) is 0 Å². The van der Waals surface area contributed by atoms with Crippen LogP contribution in [0.4, 0.5) is 0 Å². The number of rotatable bonds is 2. The topological polar surface area (TPSA) is 0 Å². The second-order valence-electron chi connectivity index (χ2n) is 3.29. The van der Waals surface area contributed by atoms with E-state index in [1.54, 1.807) is 0 Å². The van der Waals surface area contributed by atoms with Crippen LogP contribution in [0.25, 0.3) is 10.8 Å². The van der Waals surface area contributed by atoms with Crippen LogP contribution < -0.4 is 5.19 Å². The highest BCUT2D eigenvalue weighted by Gasteiger charge is 2.10. The molecule has 0 aliphatic carbocycles. The molecule has 0 saturated heterocycles. The summed E-state index contributed by atoms with van der Waals surface area (Å²) < 4.78 is 0. The Bertz CT molecular complexity index is 434. The molecule has 2 aromatic rings. The third-order valence-corrected chi connectivity index (χ3v) is 7.00. The second-order valence-corrected chi connectivity index (χ2v) is 8.21. The maximum absolute atomic E-state index is 3.81. The zero-order chi connectivity index (χ0) is 9.97. The highest BCUT2D eigenvalue weighted by atomic mass is 79.9. The number of hydrogen-bond acceptors (Lipinski definition) is 0. The number of halogens is 1. The average molecular weight is 264 g/mol. The van der Waals surface area contributed by atoms with Gasteiger partial charge in [-0.25, -0.2) is 0 Å². The number of benzene rings is 2. The third-order valence-electron chi connectivity index (χ3n) is 2.39. The molecule has 0 aromatic heterocycles. The Labute approximate surface area is 94.1 Å². The van der Waals surface area contributed by atoms with E-state index in [9.17, 15) is 0 Å². The molecule has 0 nitrogen and oxygen atoms in total. The van der Waals surface area contributed by atoms with Gasteiger partial charge >= 0.3 is 0 Å². The predicted molar refractivity (Wildman–Crippen MR) is 68.7 cm³/mol. The Kier molecular flexibility index (Phi) is 3.04. The van der Waals surface area contributed by atoms with Gasteiger partial charge in [0.05, 0.1) is 0 Å². The lowest BCUT2D eigenvalue weighted by Crippen LogP contribution is -2.22. The number of fused-ring (bicyclic) bond motifs is 1. The molecule has 0 unspecified atom stereocenters. The van der Waals surface area contributed by atoms with Crippen LogP contribution in [0.15, 0.2) is 42.5 Å². The van der Waals surface area contributed by atoms with Crippen molar-refractivity contribution in [3.63, 3.8) is 0 Å². The van der Waals surface area contributed by atoms with Crippen LogP contribution in [0.3, 0.4) is 0 Å². The fourth-order valence-corrected chi connectivity index (χ4v) is 3.87. The molecule has 0 amide bonds. The molecule has 2 rings (SSSR count). The van der Waals surface area contributed by atoms with Gasteiger partial charge in [-0.15, -0.1) is 15.3 Å². The lowest BCUT2D eigenvalue weighted by Gasteiger charge is -2.08. The molecule has 0 spiro atoms. The summed E-state index contributed by atoms with van der Waals surface area (Å²) in [5.41, 5.74) is 0. The molecule has 2 aromatic carbocycles. The second kappa shape index (κ2) is 4.28. The van der Waals surface area contributed by atoms with Crippen molar-refractivity contribution in [3.8, 4) is 0 Å². The van der Waals surface area contributed by atoms with E-state index < -0.39 is 7.42 Å². The highest BCUT2D eigenvalue weighted by molar-refractivity contribution is 9.25. The zero-order valence-electron chi connectivity index (χ0n) is 8.13. The molecule has 0 fully saturated rings. The molecular weight excluding hydrogens is 252 g/mol. The summed E-state index contributed by atoms with van der Waals surface area (Å²) in [6.45, 7) is 2.24. The van der Waals surface area contributed by atoms with Gasteiger partial charge in [0.2, 0.25) is 0 Å². The standard InChI is InChI=1S/C12H12BrSi/c1-2-14(13)12-9-5-7-10-6-3-4-8-11(10)12/h3-9H,2H2,1H3. The summed E-state index contributed by atoms with van der Waals surface area (Å²) in [5.74, 6) is 0. The molecule has 0 aliphatic rings. The van der Waals surface area contributed by atoms with Gasteiger partial charge in [-0.05, 0) is 22.0 Å². The molecular formula is C12H12BrSi. The van der Waals surface area contributed by atoms with Gasteiger partial charge in [0.15, 0.2) is 7.42 Å². The summed E-state index contributed by atoms with van der Waals surface area (Å²) in [6, 6.07) is 16.4. The van der Waals surface area contributed by atoms with Crippen LogP contribution in [0.2, 0.25) is 6.04 Å². The maximum atomic E-state index is 3.81. The fourth-order valence-electron chi connectivity index (χ4n) is 1.65. The van der Waals surface area contributed by atoms with Crippen molar-refractivity contribution >= 4 is 38.7 Å². The Hall–Kier alpha value is -0.603. The largest absolute Gasteiger partial charge is 0.169 e. The minimum atomic E-state index is -0.519. The van der Waals surface area contributed by atoms with Crippen LogP contribution in [-0.4, -0.2) is 7.42 Å². The first kappa shape index (κ1) is 9.93. The van der Waals surface area contributed by atoms with Crippen LogP contribution >= 0.6 is 15.3 Å². The lowest BCUT2D eigenvalue weighted by atomic mass is 10.1. The minimum Gasteiger partial charge on any atom is -0.122 e. The van der Waals surface area contributed by atoms with Crippen molar-refractivity contribution < 1.29 is 0 Å². The Morgan fingerprint density at radius 2 is 1.79 bits per heavy atom. The molecule has 2 heteroatoms. The molecule has 0 N–H and O–H groups in total. The van der Waals surface area contributed by atoms with Gasteiger partial charge < -0.3 is 0 Å². The number of hydrogen-bond donors (Lipinski definition) is 0. The highest BCUT2D eigenvalue weighted by Crippen LogP contribution is 2.14. The Balaban J connectivity index is 2.65.